The van der Waals surface area contributed by atoms with E-state index in [1.165, 1.54) is 70.6 Å². The van der Waals surface area contributed by atoms with Crippen LogP contribution in [-0.2, 0) is 24.0 Å². The normalized spacial score (nSPS) is 12.2. The van der Waals surface area contributed by atoms with Crippen LogP contribution in [0.2, 0.25) is 0 Å². The van der Waals surface area contributed by atoms with Crippen molar-refractivity contribution in [3.63, 3.8) is 0 Å². The molecule has 0 spiro atoms. The third-order valence-corrected chi connectivity index (χ3v) is 6.96. The number of nitrogens with zero attached hydrogens (tertiary/aromatic N) is 1. The number of carboxylic acid groups (broad SMARTS) is 4. The van der Waals surface area contributed by atoms with Gasteiger partial charge < -0.3 is 35.6 Å². The average molecular weight is 653 g/mol. The summed E-state index contributed by atoms with van der Waals surface area (Å²) < 4.78 is 0. The molecule has 2 atom stereocenters. The molecule has 4 N–H and O–H groups in total. The summed E-state index contributed by atoms with van der Waals surface area (Å²) in [5.41, 5.74) is 0. The largest absolute Gasteiger partial charge is 2.00 e. The van der Waals surface area contributed by atoms with Crippen LogP contribution in [-0.4, -0.2) is 86.1 Å². The third-order valence-electron chi connectivity index (χ3n) is 6.96. The van der Waals surface area contributed by atoms with Crippen molar-refractivity contribution in [1.29, 1.82) is 0 Å². The van der Waals surface area contributed by atoms with Gasteiger partial charge in [-0.2, -0.15) is 0 Å². The number of amides is 1. The van der Waals surface area contributed by atoms with Gasteiger partial charge in [-0.05, 0) is 25.2 Å². The molecule has 0 bridgehead atoms. The van der Waals surface area contributed by atoms with Gasteiger partial charge in [-0.15, -0.1) is 0 Å². The summed E-state index contributed by atoms with van der Waals surface area (Å²) in [6.45, 7) is 4.38. The van der Waals surface area contributed by atoms with E-state index in [0.29, 0.717) is 12.8 Å². The zero-order valence-corrected chi connectivity index (χ0v) is 29.0. The minimum Gasteiger partial charge on any atom is -0.862 e. The number of hydrogen-bond donors (Lipinski definition) is 4. The Kier molecular flexibility index (Phi) is 34.4. The van der Waals surface area contributed by atoms with Crippen LogP contribution in [0, 0.1) is 0 Å². The summed E-state index contributed by atoms with van der Waals surface area (Å²) >= 11 is 0. The first-order valence-electron chi connectivity index (χ1n) is 16.3. The van der Waals surface area contributed by atoms with Crippen molar-refractivity contribution < 1.29 is 49.5 Å². The Bertz CT molecular complexity index is 839. The van der Waals surface area contributed by atoms with Gasteiger partial charge in [-0.3, -0.25) is 14.6 Å². The standard InChI is InChI=1S/2C16H29NO5.Mg/c2*1-2-3-4-5-6-7-8-9-10-11-14(18)17-13(16(21)22)12-15(19)20;/h2*13H,2-12H2,1H3,(H,17,18)(H,19,20)(H,21,22);/q;;+2/p-2. The Morgan fingerprint density at radius 1 is 0.600 bits per heavy atom. The van der Waals surface area contributed by atoms with E-state index < -0.39 is 60.6 Å². The van der Waals surface area contributed by atoms with Crippen molar-refractivity contribution >= 4 is 58.7 Å². The van der Waals surface area contributed by atoms with Gasteiger partial charge in [0.2, 0.25) is 5.91 Å². The van der Waals surface area contributed by atoms with Gasteiger partial charge in [-0.25, -0.2) is 9.59 Å². The summed E-state index contributed by atoms with van der Waals surface area (Å²) in [7, 11) is 0. The fraction of sp³-hybridized carbons (Fsp3) is 0.812. The van der Waals surface area contributed by atoms with E-state index in [1.807, 2.05) is 0 Å². The van der Waals surface area contributed by atoms with E-state index in [9.17, 15) is 34.2 Å². The Morgan fingerprint density at radius 2 is 1.00 bits per heavy atom. The topological polar surface area (TPSA) is 217 Å². The number of rotatable bonds is 28. The molecule has 0 aromatic rings. The molecule has 13 heteroatoms. The maximum Gasteiger partial charge on any atom is 2.00 e. The molecule has 0 aliphatic heterocycles. The summed E-state index contributed by atoms with van der Waals surface area (Å²) in [6, 6.07) is -2.88. The van der Waals surface area contributed by atoms with Crippen molar-refractivity contribution in [3.8, 4) is 0 Å². The van der Waals surface area contributed by atoms with Gasteiger partial charge in [0, 0.05) is 18.8 Å². The number of carbonyl (C=O) groups excluding carboxylic acids is 2. The molecule has 0 heterocycles. The fourth-order valence-electron chi connectivity index (χ4n) is 4.41. The Balaban J connectivity index is -0.000000767. The van der Waals surface area contributed by atoms with Crippen LogP contribution in [0.1, 0.15) is 155 Å². The molecule has 0 aliphatic rings. The van der Waals surface area contributed by atoms with E-state index in [4.69, 9.17) is 15.3 Å². The second kappa shape index (κ2) is 33.0. The van der Waals surface area contributed by atoms with Crippen molar-refractivity contribution in [3.05, 3.63) is 0 Å². The predicted molar refractivity (Wildman–Crippen MR) is 170 cm³/mol. The molecule has 45 heavy (non-hydrogen) atoms. The molecule has 12 nitrogen and oxygen atoms in total. The number of hydrogen-bond acceptors (Lipinski definition) is 8. The predicted octanol–water partition coefficient (Wildman–Crippen LogP) is 3.83. The molecule has 0 fully saturated rings. The monoisotopic (exact) mass is 652 g/mol. The van der Waals surface area contributed by atoms with Crippen LogP contribution in [0.15, 0.2) is 4.99 Å². The number of aliphatic imine (C=N–C) groups is 1. The maximum atomic E-state index is 11.6. The van der Waals surface area contributed by atoms with E-state index in [0.717, 1.165) is 32.1 Å². The molecule has 0 rings (SSSR count). The average Bonchev–Trinajstić information content (AvgIpc) is 2.94. The van der Waals surface area contributed by atoms with Crippen molar-refractivity contribution in [2.24, 2.45) is 4.99 Å². The molecule has 1 amide bonds. The number of nitrogens with one attached hydrogen (secondary N) is 1. The van der Waals surface area contributed by atoms with Crippen LogP contribution >= 0.6 is 0 Å². The molecule has 0 aromatic heterocycles. The molecular formula is C32H56MgN2O10. The van der Waals surface area contributed by atoms with Crippen LogP contribution in [0.5, 0.6) is 0 Å². The number of carboxylic acids is 4. The molecule has 256 valence electrons. The zero-order valence-electron chi connectivity index (χ0n) is 27.6. The smallest absolute Gasteiger partial charge is 0.862 e. The summed E-state index contributed by atoms with van der Waals surface area (Å²) in [4.78, 5) is 57.5. The van der Waals surface area contributed by atoms with Crippen LogP contribution < -0.4 is 15.5 Å². The minimum atomic E-state index is -1.53. The third kappa shape index (κ3) is 34.3. The van der Waals surface area contributed by atoms with E-state index in [2.05, 4.69) is 24.2 Å². The Morgan fingerprint density at radius 3 is 1.36 bits per heavy atom. The first-order chi connectivity index (χ1) is 20.9. The molecule has 0 radical (unpaired) electrons. The van der Waals surface area contributed by atoms with Crippen molar-refractivity contribution in [2.45, 2.75) is 167 Å². The van der Waals surface area contributed by atoms with Gasteiger partial charge in [0.1, 0.15) is 6.04 Å². The second-order valence-electron chi connectivity index (χ2n) is 11.2. The van der Waals surface area contributed by atoms with Crippen molar-refractivity contribution in [1.82, 2.24) is 5.32 Å². The van der Waals surface area contributed by atoms with Gasteiger partial charge in [-0.1, -0.05) is 117 Å². The van der Waals surface area contributed by atoms with Crippen molar-refractivity contribution in [2.75, 3.05) is 0 Å². The first kappa shape index (κ1) is 47.0. The second-order valence-corrected chi connectivity index (χ2v) is 11.2. The van der Waals surface area contributed by atoms with Gasteiger partial charge in [0.05, 0.1) is 6.42 Å². The molecule has 0 aliphatic carbocycles. The molecule has 0 saturated carbocycles. The van der Waals surface area contributed by atoms with Crippen LogP contribution in [0.4, 0.5) is 0 Å². The van der Waals surface area contributed by atoms with Crippen LogP contribution in [0.25, 0.3) is 0 Å². The fourth-order valence-corrected chi connectivity index (χ4v) is 4.41. The first-order valence-corrected chi connectivity index (χ1v) is 16.3. The minimum absolute atomic E-state index is 0. The Hall–Kier alpha value is -2.41. The molecule has 0 saturated heterocycles. The zero-order chi connectivity index (χ0) is 33.6. The molecule has 0 aromatic carbocycles. The number of unbranched alkanes of at least 4 members (excludes halogenated alkanes) is 16. The van der Waals surface area contributed by atoms with Crippen LogP contribution in [0.3, 0.4) is 0 Å². The summed E-state index contributed by atoms with van der Waals surface area (Å²) in [5, 5.41) is 50.3. The SMILES string of the molecule is CCCCCCCCCCCC(=O)NC(CC(=O)O)C(=O)O.CCCCCCCCCCCC([O-])=NC(CC(=O)[O-])C(=O)O.[Mg+2]. The van der Waals surface area contributed by atoms with Gasteiger partial charge >= 0.3 is 41.0 Å². The molecular weight excluding hydrogens is 597 g/mol. The summed E-state index contributed by atoms with van der Waals surface area (Å²) in [5.74, 6) is -6.43. The quantitative estimate of drug-likeness (QED) is 0.0414. The van der Waals surface area contributed by atoms with Gasteiger partial charge in [0.25, 0.3) is 0 Å². The van der Waals surface area contributed by atoms with E-state index >= 15 is 0 Å². The van der Waals surface area contributed by atoms with E-state index in [-0.39, 0.29) is 35.9 Å². The van der Waals surface area contributed by atoms with E-state index in [1.54, 1.807) is 0 Å². The Labute approximate surface area is 285 Å². The number of aliphatic carboxylic acids is 4. The maximum absolute atomic E-state index is 11.6. The van der Waals surface area contributed by atoms with Gasteiger partial charge in [0.15, 0.2) is 6.04 Å². The summed E-state index contributed by atoms with van der Waals surface area (Å²) in [6.07, 6.45) is 19.3. The molecule has 2 unspecified atom stereocenters. The number of carbonyl (C=O) groups is 5.